The van der Waals surface area contributed by atoms with Crippen LogP contribution in [0, 0.1) is 12.3 Å². The Kier molecular flexibility index (Phi) is 5.16. The van der Waals surface area contributed by atoms with Crippen LogP contribution in [0.1, 0.15) is 25.3 Å². The van der Waals surface area contributed by atoms with Gasteiger partial charge in [-0.25, -0.2) is 0 Å². The average Bonchev–Trinajstić information content (AvgIpc) is 2.35. The molecular formula is C15H18O2. The molecule has 0 aliphatic heterocycles. The maximum absolute atomic E-state index is 9.70. The van der Waals surface area contributed by atoms with Crippen molar-refractivity contribution < 1.29 is 9.84 Å². The fourth-order valence-corrected chi connectivity index (χ4v) is 1.51. The van der Waals surface area contributed by atoms with E-state index < -0.39 is 0 Å². The maximum atomic E-state index is 9.70. The van der Waals surface area contributed by atoms with E-state index in [0.717, 1.165) is 24.2 Å². The topological polar surface area (TPSA) is 29.5 Å². The molecule has 90 valence electrons. The molecular weight excluding hydrogens is 212 g/mol. The van der Waals surface area contributed by atoms with Gasteiger partial charge in [0.1, 0.15) is 11.5 Å². The van der Waals surface area contributed by atoms with E-state index in [2.05, 4.69) is 18.9 Å². The number of hydrogen-bond donors (Lipinski definition) is 1. The number of aromatic hydroxyl groups is 1. The highest BCUT2D eigenvalue weighted by Gasteiger charge is 2.01. The van der Waals surface area contributed by atoms with Crippen molar-refractivity contribution in [1.82, 2.24) is 0 Å². The van der Waals surface area contributed by atoms with Gasteiger partial charge in [-0.05, 0) is 38.0 Å². The van der Waals surface area contributed by atoms with Crippen molar-refractivity contribution in [3.63, 3.8) is 0 Å². The minimum absolute atomic E-state index is 0.298. The second-order valence-corrected chi connectivity index (χ2v) is 3.95. The van der Waals surface area contributed by atoms with Crippen LogP contribution in [-0.2, 0) is 6.42 Å². The van der Waals surface area contributed by atoms with Crippen LogP contribution in [0.2, 0.25) is 0 Å². The van der Waals surface area contributed by atoms with Gasteiger partial charge in [0.2, 0.25) is 0 Å². The molecule has 1 N–H and O–H groups in total. The lowest BCUT2D eigenvalue weighted by molar-refractivity contribution is 0.411. The molecule has 0 aliphatic carbocycles. The lowest BCUT2D eigenvalue weighted by Crippen LogP contribution is -1.88. The number of ether oxygens (including phenoxy) is 1. The number of terminal acetylenes is 1. The van der Waals surface area contributed by atoms with Gasteiger partial charge in [-0.15, -0.1) is 12.3 Å². The number of allylic oxidation sites excluding steroid dienone is 2. The zero-order valence-corrected chi connectivity index (χ0v) is 10.4. The predicted octanol–water partition coefficient (Wildman–Crippen LogP) is 3.30. The molecule has 0 aromatic heterocycles. The Morgan fingerprint density at radius 1 is 1.53 bits per heavy atom. The molecule has 0 unspecified atom stereocenters. The van der Waals surface area contributed by atoms with Crippen LogP contribution in [0.15, 0.2) is 29.8 Å². The van der Waals surface area contributed by atoms with Gasteiger partial charge in [0.05, 0.1) is 7.11 Å². The van der Waals surface area contributed by atoms with Crippen LogP contribution in [0.4, 0.5) is 0 Å². The maximum Gasteiger partial charge on any atom is 0.119 e. The zero-order chi connectivity index (χ0) is 12.7. The molecule has 0 amide bonds. The largest absolute Gasteiger partial charge is 0.508 e. The molecule has 0 saturated heterocycles. The smallest absolute Gasteiger partial charge is 0.119 e. The van der Waals surface area contributed by atoms with Crippen molar-refractivity contribution in [2.45, 2.75) is 26.2 Å². The highest BCUT2D eigenvalue weighted by atomic mass is 16.5. The molecule has 0 spiro atoms. The SMILES string of the molecule is C#CCC/C(C)=C/Cc1cc(OC)ccc1O. The van der Waals surface area contributed by atoms with Gasteiger partial charge in [-0.2, -0.15) is 0 Å². The van der Waals surface area contributed by atoms with E-state index in [1.54, 1.807) is 19.2 Å². The van der Waals surface area contributed by atoms with Gasteiger partial charge in [-0.1, -0.05) is 11.6 Å². The highest BCUT2D eigenvalue weighted by molar-refractivity contribution is 5.40. The molecule has 1 rings (SSSR count). The normalized spacial score (nSPS) is 11.0. The van der Waals surface area contributed by atoms with E-state index in [4.69, 9.17) is 11.2 Å². The molecule has 0 heterocycles. The van der Waals surface area contributed by atoms with Gasteiger partial charge in [0, 0.05) is 12.0 Å². The monoisotopic (exact) mass is 230 g/mol. The lowest BCUT2D eigenvalue weighted by atomic mass is 10.1. The first-order valence-corrected chi connectivity index (χ1v) is 5.62. The van der Waals surface area contributed by atoms with Crippen molar-refractivity contribution in [3.05, 3.63) is 35.4 Å². The Morgan fingerprint density at radius 2 is 2.29 bits per heavy atom. The van der Waals surface area contributed by atoms with Crippen LogP contribution in [-0.4, -0.2) is 12.2 Å². The average molecular weight is 230 g/mol. The third-order valence-electron chi connectivity index (χ3n) is 2.62. The van der Waals surface area contributed by atoms with Crippen LogP contribution in [0.25, 0.3) is 0 Å². The molecule has 0 atom stereocenters. The molecule has 0 aliphatic rings. The first-order chi connectivity index (χ1) is 8.17. The number of phenolic OH excluding ortho intramolecular Hbond substituents is 1. The summed E-state index contributed by atoms with van der Waals surface area (Å²) in [5.41, 5.74) is 2.11. The Bertz CT molecular complexity index is 439. The van der Waals surface area contributed by atoms with Crippen molar-refractivity contribution in [2.75, 3.05) is 7.11 Å². The van der Waals surface area contributed by atoms with Crippen molar-refractivity contribution in [1.29, 1.82) is 0 Å². The van der Waals surface area contributed by atoms with E-state index in [1.165, 1.54) is 5.57 Å². The lowest BCUT2D eigenvalue weighted by Gasteiger charge is -2.05. The predicted molar refractivity (Wildman–Crippen MR) is 70.2 cm³/mol. The standard InChI is InChI=1S/C15H18O2/c1-4-5-6-12(2)7-8-13-11-14(17-3)9-10-15(13)16/h1,7,9-11,16H,5-6,8H2,2-3H3/b12-7+. The summed E-state index contributed by atoms with van der Waals surface area (Å²) < 4.78 is 5.12. The van der Waals surface area contributed by atoms with E-state index in [9.17, 15) is 5.11 Å². The Labute approximate surface area is 103 Å². The Morgan fingerprint density at radius 3 is 2.94 bits per heavy atom. The minimum atomic E-state index is 0.298. The fourth-order valence-electron chi connectivity index (χ4n) is 1.51. The minimum Gasteiger partial charge on any atom is -0.508 e. The number of hydrogen-bond acceptors (Lipinski definition) is 2. The summed E-state index contributed by atoms with van der Waals surface area (Å²) in [7, 11) is 1.62. The molecule has 2 nitrogen and oxygen atoms in total. The van der Waals surface area contributed by atoms with Crippen LogP contribution >= 0.6 is 0 Å². The molecule has 17 heavy (non-hydrogen) atoms. The van der Waals surface area contributed by atoms with Crippen molar-refractivity contribution in [3.8, 4) is 23.8 Å². The summed E-state index contributed by atoms with van der Waals surface area (Å²) >= 11 is 0. The third-order valence-corrected chi connectivity index (χ3v) is 2.62. The second kappa shape index (κ2) is 6.65. The van der Waals surface area contributed by atoms with Gasteiger partial charge in [0.15, 0.2) is 0 Å². The quantitative estimate of drug-likeness (QED) is 0.621. The Hall–Kier alpha value is -1.88. The number of methoxy groups -OCH3 is 1. The van der Waals surface area contributed by atoms with Gasteiger partial charge < -0.3 is 9.84 Å². The molecule has 1 aromatic carbocycles. The van der Waals surface area contributed by atoms with E-state index >= 15 is 0 Å². The summed E-state index contributed by atoms with van der Waals surface area (Å²) in [6.45, 7) is 2.05. The summed E-state index contributed by atoms with van der Waals surface area (Å²) in [5.74, 6) is 3.67. The van der Waals surface area contributed by atoms with Crippen LogP contribution < -0.4 is 4.74 Å². The molecule has 0 saturated carbocycles. The first-order valence-electron chi connectivity index (χ1n) is 5.62. The third kappa shape index (κ3) is 4.24. The van der Waals surface area contributed by atoms with E-state index in [1.807, 2.05) is 6.07 Å². The molecule has 1 aromatic rings. The molecule has 2 heteroatoms. The second-order valence-electron chi connectivity index (χ2n) is 3.95. The number of phenols is 1. The van der Waals surface area contributed by atoms with Crippen LogP contribution in [0.3, 0.4) is 0 Å². The van der Waals surface area contributed by atoms with Crippen LogP contribution in [0.5, 0.6) is 11.5 Å². The summed E-state index contributed by atoms with van der Waals surface area (Å²) in [5, 5.41) is 9.70. The van der Waals surface area contributed by atoms with Gasteiger partial charge in [0.25, 0.3) is 0 Å². The van der Waals surface area contributed by atoms with Gasteiger partial charge in [-0.3, -0.25) is 0 Å². The Balaban J connectivity index is 2.71. The first kappa shape index (κ1) is 13.2. The fraction of sp³-hybridized carbons (Fsp3) is 0.333. The van der Waals surface area contributed by atoms with Crippen molar-refractivity contribution >= 4 is 0 Å². The van der Waals surface area contributed by atoms with E-state index in [-0.39, 0.29) is 0 Å². The van der Waals surface area contributed by atoms with Crippen molar-refractivity contribution in [2.24, 2.45) is 0 Å². The molecule has 0 radical (unpaired) electrons. The zero-order valence-electron chi connectivity index (χ0n) is 10.4. The van der Waals surface area contributed by atoms with Gasteiger partial charge >= 0.3 is 0 Å². The number of rotatable bonds is 5. The van der Waals surface area contributed by atoms with E-state index in [0.29, 0.717) is 12.2 Å². The highest BCUT2D eigenvalue weighted by Crippen LogP contribution is 2.24. The number of benzene rings is 1. The summed E-state index contributed by atoms with van der Waals surface area (Å²) in [6.07, 6.45) is 9.66. The molecule has 0 fully saturated rings. The summed E-state index contributed by atoms with van der Waals surface area (Å²) in [4.78, 5) is 0. The molecule has 0 bridgehead atoms. The summed E-state index contributed by atoms with van der Waals surface area (Å²) in [6, 6.07) is 5.24.